The van der Waals surface area contributed by atoms with Crippen molar-refractivity contribution < 1.29 is 0 Å². The molecule has 1 aliphatic rings. The molecule has 0 unspecified atom stereocenters. The van der Waals surface area contributed by atoms with Gasteiger partial charge in [0.25, 0.3) is 0 Å². The molecule has 1 aliphatic heterocycles. The first-order valence-corrected chi connectivity index (χ1v) is 5.01. The van der Waals surface area contributed by atoms with E-state index in [1.54, 1.807) is 0 Å². The van der Waals surface area contributed by atoms with Crippen molar-refractivity contribution in [1.82, 2.24) is 9.78 Å². The fourth-order valence-corrected chi connectivity index (χ4v) is 1.87. The molecule has 1 aromatic heterocycles. The quantitative estimate of drug-likeness (QED) is 0.690. The number of benzene rings is 1. The van der Waals surface area contributed by atoms with Crippen LogP contribution in [0.5, 0.6) is 0 Å². The highest BCUT2D eigenvalue weighted by atomic mass is 15.3. The van der Waals surface area contributed by atoms with E-state index >= 15 is 0 Å². The molecule has 0 radical (unpaired) electrons. The lowest BCUT2D eigenvalue weighted by Gasteiger charge is -2.02. The SMILES string of the molecule is CC1=Nc2c(cnn2-c2ccccc2)C1. The molecule has 2 aromatic rings. The summed E-state index contributed by atoms with van der Waals surface area (Å²) < 4.78 is 1.89. The summed E-state index contributed by atoms with van der Waals surface area (Å²) in [7, 11) is 0. The van der Waals surface area contributed by atoms with Crippen molar-refractivity contribution in [1.29, 1.82) is 0 Å². The number of fused-ring (bicyclic) bond motifs is 1. The highest BCUT2D eigenvalue weighted by Crippen LogP contribution is 2.28. The smallest absolute Gasteiger partial charge is 0.159 e. The van der Waals surface area contributed by atoms with E-state index in [1.807, 2.05) is 41.2 Å². The van der Waals surface area contributed by atoms with Crippen molar-refractivity contribution in [2.75, 3.05) is 0 Å². The minimum absolute atomic E-state index is 0.933. The Hall–Kier alpha value is -1.90. The molecule has 3 rings (SSSR count). The molecular weight excluding hydrogens is 186 g/mol. The molecule has 0 spiro atoms. The first-order chi connectivity index (χ1) is 7.34. The second-order valence-electron chi connectivity index (χ2n) is 3.76. The molecule has 0 bridgehead atoms. The van der Waals surface area contributed by atoms with Gasteiger partial charge in [-0.2, -0.15) is 5.10 Å². The van der Waals surface area contributed by atoms with Crippen LogP contribution in [0.2, 0.25) is 0 Å². The Kier molecular flexibility index (Phi) is 1.71. The summed E-state index contributed by atoms with van der Waals surface area (Å²) in [5.74, 6) is 0.985. The molecule has 3 heteroatoms. The molecule has 0 N–H and O–H groups in total. The number of hydrogen-bond acceptors (Lipinski definition) is 2. The van der Waals surface area contributed by atoms with Gasteiger partial charge in [0.2, 0.25) is 0 Å². The summed E-state index contributed by atoms with van der Waals surface area (Å²) >= 11 is 0. The van der Waals surface area contributed by atoms with Gasteiger partial charge in [-0.05, 0) is 19.1 Å². The van der Waals surface area contributed by atoms with Gasteiger partial charge in [0.15, 0.2) is 5.82 Å². The number of hydrogen-bond donors (Lipinski definition) is 0. The van der Waals surface area contributed by atoms with E-state index in [4.69, 9.17) is 0 Å². The third-order valence-corrected chi connectivity index (χ3v) is 2.56. The van der Waals surface area contributed by atoms with Crippen LogP contribution in [0.1, 0.15) is 12.5 Å². The summed E-state index contributed by atoms with van der Waals surface area (Å²) in [5.41, 5.74) is 3.45. The third kappa shape index (κ3) is 1.28. The van der Waals surface area contributed by atoms with Crippen LogP contribution in [0.25, 0.3) is 5.69 Å². The Balaban J connectivity index is 2.16. The van der Waals surface area contributed by atoms with E-state index in [1.165, 1.54) is 5.56 Å². The predicted octanol–water partition coefficient (Wildman–Crippen LogP) is 2.52. The number of para-hydroxylation sites is 1. The van der Waals surface area contributed by atoms with Gasteiger partial charge in [0, 0.05) is 17.7 Å². The Morgan fingerprint density at radius 2 is 2.00 bits per heavy atom. The first-order valence-electron chi connectivity index (χ1n) is 5.01. The van der Waals surface area contributed by atoms with Crippen LogP contribution in [0, 0.1) is 0 Å². The lowest BCUT2D eigenvalue weighted by Crippen LogP contribution is -1.94. The summed E-state index contributed by atoms with van der Waals surface area (Å²) in [6, 6.07) is 10.1. The fraction of sp³-hybridized carbons (Fsp3) is 0.167. The lowest BCUT2D eigenvalue weighted by molar-refractivity contribution is 0.881. The Morgan fingerprint density at radius 1 is 1.20 bits per heavy atom. The Bertz CT molecular complexity index is 523. The summed E-state index contributed by atoms with van der Waals surface area (Å²) in [6.45, 7) is 2.05. The molecule has 0 saturated heterocycles. The predicted molar refractivity (Wildman–Crippen MR) is 60.0 cm³/mol. The van der Waals surface area contributed by atoms with Gasteiger partial charge in [-0.15, -0.1) is 0 Å². The topological polar surface area (TPSA) is 30.2 Å². The van der Waals surface area contributed by atoms with Crippen LogP contribution in [0.15, 0.2) is 41.5 Å². The van der Waals surface area contributed by atoms with E-state index in [-0.39, 0.29) is 0 Å². The minimum atomic E-state index is 0.933. The van der Waals surface area contributed by atoms with Crippen molar-refractivity contribution in [3.8, 4) is 5.69 Å². The average Bonchev–Trinajstić information content (AvgIpc) is 2.77. The van der Waals surface area contributed by atoms with E-state index < -0.39 is 0 Å². The molecule has 0 saturated carbocycles. The second kappa shape index (κ2) is 3.05. The van der Waals surface area contributed by atoms with Gasteiger partial charge in [0.1, 0.15) is 0 Å². The lowest BCUT2D eigenvalue weighted by atomic mass is 10.2. The van der Waals surface area contributed by atoms with E-state index in [9.17, 15) is 0 Å². The van der Waals surface area contributed by atoms with Gasteiger partial charge >= 0.3 is 0 Å². The molecule has 3 nitrogen and oxygen atoms in total. The van der Waals surface area contributed by atoms with Crippen molar-refractivity contribution in [3.05, 3.63) is 42.1 Å². The first kappa shape index (κ1) is 8.41. The molecule has 15 heavy (non-hydrogen) atoms. The highest BCUT2D eigenvalue weighted by molar-refractivity contribution is 5.91. The zero-order chi connectivity index (χ0) is 10.3. The van der Waals surface area contributed by atoms with Crippen molar-refractivity contribution in [3.63, 3.8) is 0 Å². The molecular formula is C12H11N3. The number of rotatable bonds is 1. The number of aromatic nitrogens is 2. The van der Waals surface area contributed by atoms with Gasteiger partial charge in [-0.3, -0.25) is 0 Å². The minimum Gasteiger partial charge on any atom is -0.238 e. The van der Waals surface area contributed by atoms with Crippen molar-refractivity contribution >= 4 is 11.5 Å². The molecule has 0 atom stereocenters. The van der Waals surface area contributed by atoms with Gasteiger partial charge < -0.3 is 0 Å². The zero-order valence-electron chi connectivity index (χ0n) is 8.51. The number of nitrogens with zero attached hydrogens (tertiary/aromatic N) is 3. The molecule has 0 fully saturated rings. The van der Waals surface area contributed by atoms with Crippen LogP contribution < -0.4 is 0 Å². The van der Waals surface area contributed by atoms with Gasteiger partial charge in [-0.25, -0.2) is 9.67 Å². The fourth-order valence-electron chi connectivity index (χ4n) is 1.87. The van der Waals surface area contributed by atoms with E-state index in [2.05, 4.69) is 17.0 Å². The zero-order valence-corrected chi connectivity index (χ0v) is 8.51. The highest BCUT2D eigenvalue weighted by Gasteiger charge is 2.17. The Morgan fingerprint density at radius 3 is 2.80 bits per heavy atom. The van der Waals surface area contributed by atoms with Crippen LogP contribution in [0.4, 0.5) is 5.82 Å². The normalized spacial score (nSPS) is 13.8. The van der Waals surface area contributed by atoms with Crippen LogP contribution in [-0.4, -0.2) is 15.5 Å². The third-order valence-electron chi connectivity index (χ3n) is 2.56. The second-order valence-corrected chi connectivity index (χ2v) is 3.76. The molecule has 74 valence electrons. The maximum atomic E-state index is 4.51. The summed E-state index contributed by atoms with van der Waals surface area (Å²) in [6.07, 6.45) is 2.84. The summed E-state index contributed by atoms with van der Waals surface area (Å²) in [5, 5.41) is 4.35. The van der Waals surface area contributed by atoms with Crippen LogP contribution in [0.3, 0.4) is 0 Å². The van der Waals surface area contributed by atoms with E-state index in [0.717, 1.165) is 23.6 Å². The maximum absolute atomic E-state index is 4.51. The van der Waals surface area contributed by atoms with Crippen molar-refractivity contribution in [2.45, 2.75) is 13.3 Å². The molecule has 1 aromatic carbocycles. The largest absolute Gasteiger partial charge is 0.238 e. The summed E-state index contributed by atoms with van der Waals surface area (Å²) in [4.78, 5) is 4.51. The molecule has 0 amide bonds. The molecule has 0 aliphatic carbocycles. The van der Waals surface area contributed by atoms with E-state index in [0.29, 0.717) is 0 Å². The van der Waals surface area contributed by atoms with Crippen LogP contribution in [-0.2, 0) is 6.42 Å². The maximum Gasteiger partial charge on any atom is 0.159 e. The van der Waals surface area contributed by atoms with Gasteiger partial charge in [0.05, 0.1) is 11.9 Å². The standard InChI is InChI=1S/C12H11N3/c1-9-7-10-8-13-15(12(10)14-9)11-5-3-2-4-6-11/h2-6,8H,7H2,1H3. The number of aliphatic imine (C=N–C) groups is 1. The average molecular weight is 197 g/mol. The monoisotopic (exact) mass is 197 g/mol. The van der Waals surface area contributed by atoms with Crippen LogP contribution >= 0.6 is 0 Å². The molecule has 2 heterocycles. The Labute approximate surface area is 88.1 Å². The van der Waals surface area contributed by atoms with Crippen molar-refractivity contribution in [2.24, 2.45) is 4.99 Å². The van der Waals surface area contributed by atoms with Gasteiger partial charge in [-0.1, -0.05) is 18.2 Å².